The molecule has 0 aliphatic heterocycles. The van der Waals surface area contributed by atoms with Crippen LogP contribution >= 0.6 is 11.6 Å². The number of alkyl halides is 1. The summed E-state index contributed by atoms with van der Waals surface area (Å²) in [6, 6.07) is -0.402. The summed E-state index contributed by atoms with van der Waals surface area (Å²) in [5.74, 6) is 2.74. The Morgan fingerprint density at radius 3 is 2.62 bits per heavy atom. The molecule has 1 atom stereocenters. The smallest absolute Gasteiger partial charge is 0.212 e. The van der Waals surface area contributed by atoms with E-state index in [0.29, 0.717) is 18.7 Å². The van der Waals surface area contributed by atoms with Crippen LogP contribution in [0.5, 0.6) is 0 Å². The van der Waals surface area contributed by atoms with Gasteiger partial charge in [0.05, 0.1) is 11.8 Å². The van der Waals surface area contributed by atoms with E-state index in [1.54, 1.807) is 0 Å². The summed E-state index contributed by atoms with van der Waals surface area (Å²) in [7, 11) is -3.24. The topological polar surface area (TPSA) is 46.2 Å². The SMILES string of the molecule is C#CC(CC)NS(=O)(=O)CCCCl. The van der Waals surface area contributed by atoms with E-state index in [1.165, 1.54) is 0 Å². The van der Waals surface area contributed by atoms with Gasteiger partial charge in [-0.15, -0.1) is 18.0 Å². The van der Waals surface area contributed by atoms with Crippen LogP contribution in [0.2, 0.25) is 0 Å². The number of nitrogens with one attached hydrogen (secondary N) is 1. The second kappa shape index (κ2) is 6.25. The molecule has 0 saturated carbocycles. The molecule has 0 aromatic heterocycles. The molecule has 0 aromatic rings. The maximum atomic E-state index is 11.3. The summed E-state index contributed by atoms with van der Waals surface area (Å²) in [4.78, 5) is 0. The van der Waals surface area contributed by atoms with E-state index in [2.05, 4.69) is 10.6 Å². The second-order valence-corrected chi connectivity index (χ2v) is 4.86. The van der Waals surface area contributed by atoms with Gasteiger partial charge in [0.2, 0.25) is 10.0 Å². The standard InChI is InChI=1S/C8H14ClNO2S/c1-3-8(4-2)10-13(11,12)7-5-6-9/h1,8,10H,4-7H2,2H3. The van der Waals surface area contributed by atoms with Gasteiger partial charge in [0, 0.05) is 5.88 Å². The molecule has 13 heavy (non-hydrogen) atoms. The predicted octanol–water partition coefficient (Wildman–Crippen LogP) is 0.946. The first kappa shape index (κ1) is 12.8. The molecule has 0 heterocycles. The van der Waals surface area contributed by atoms with Crippen molar-refractivity contribution in [2.24, 2.45) is 0 Å². The maximum Gasteiger partial charge on any atom is 0.212 e. The van der Waals surface area contributed by atoms with E-state index >= 15 is 0 Å². The van der Waals surface area contributed by atoms with Crippen LogP contribution in [0.1, 0.15) is 19.8 Å². The van der Waals surface area contributed by atoms with Crippen molar-refractivity contribution >= 4 is 21.6 Å². The third-order valence-corrected chi connectivity index (χ3v) is 3.21. The highest BCUT2D eigenvalue weighted by atomic mass is 35.5. The Balaban J connectivity index is 4.10. The molecule has 1 N–H and O–H groups in total. The van der Waals surface area contributed by atoms with Gasteiger partial charge in [-0.05, 0) is 12.8 Å². The lowest BCUT2D eigenvalue weighted by Crippen LogP contribution is -2.35. The van der Waals surface area contributed by atoms with Crippen LogP contribution in [0.3, 0.4) is 0 Å². The van der Waals surface area contributed by atoms with Crippen LogP contribution in [-0.2, 0) is 10.0 Å². The Bertz CT molecular complexity index is 268. The third kappa shape index (κ3) is 5.92. The molecule has 3 nitrogen and oxygen atoms in total. The van der Waals surface area contributed by atoms with Crippen LogP contribution in [0.4, 0.5) is 0 Å². The van der Waals surface area contributed by atoms with Crippen molar-refractivity contribution in [1.82, 2.24) is 4.72 Å². The molecule has 0 aliphatic carbocycles. The van der Waals surface area contributed by atoms with Gasteiger partial charge < -0.3 is 0 Å². The average molecular weight is 224 g/mol. The molecule has 1 unspecified atom stereocenters. The molecule has 0 aromatic carbocycles. The molecular formula is C8H14ClNO2S. The van der Waals surface area contributed by atoms with E-state index in [-0.39, 0.29) is 5.75 Å². The minimum Gasteiger partial charge on any atom is -0.212 e. The summed E-state index contributed by atoms with van der Waals surface area (Å²) in [6.45, 7) is 1.83. The lowest BCUT2D eigenvalue weighted by Gasteiger charge is -2.10. The number of rotatable bonds is 6. The first-order chi connectivity index (χ1) is 6.05. The molecule has 0 radical (unpaired) electrons. The Morgan fingerprint density at radius 1 is 1.62 bits per heavy atom. The first-order valence-electron chi connectivity index (χ1n) is 4.07. The largest absolute Gasteiger partial charge is 0.212 e. The number of hydrogen-bond acceptors (Lipinski definition) is 2. The molecule has 0 amide bonds. The van der Waals surface area contributed by atoms with Gasteiger partial charge in [-0.2, -0.15) is 0 Å². The minimum absolute atomic E-state index is 0.0364. The summed E-state index contributed by atoms with van der Waals surface area (Å²) in [5.41, 5.74) is 0. The van der Waals surface area contributed by atoms with Gasteiger partial charge in [-0.25, -0.2) is 13.1 Å². The number of terminal acetylenes is 1. The van der Waals surface area contributed by atoms with Crippen LogP contribution in [0.25, 0.3) is 0 Å². The fourth-order valence-electron chi connectivity index (χ4n) is 0.755. The third-order valence-electron chi connectivity index (χ3n) is 1.48. The van der Waals surface area contributed by atoms with Gasteiger partial charge in [-0.3, -0.25) is 0 Å². The number of halogens is 1. The zero-order valence-electron chi connectivity index (χ0n) is 7.59. The van der Waals surface area contributed by atoms with Crippen molar-refractivity contribution in [1.29, 1.82) is 0 Å². The fraction of sp³-hybridized carbons (Fsp3) is 0.750. The van der Waals surface area contributed by atoms with E-state index < -0.39 is 16.1 Å². The maximum absolute atomic E-state index is 11.3. The summed E-state index contributed by atoms with van der Waals surface area (Å²) in [5, 5.41) is 0. The van der Waals surface area contributed by atoms with Crippen molar-refractivity contribution in [2.75, 3.05) is 11.6 Å². The molecule has 0 rings (SSSR count). The van der Waals surface area contributed by atoms with Crippen molar-refractivity contribution in [3.8, 4) is 12.3 Å². The number of sulfonamides is 1. The van der Waals surface area contributed by atoms with Gasteiger partial charge in [0.1, 0.15) is 0 Å². The molecular weight excluding hydrogens is 210 g/mol. The van der Waals surface area contributed by atoms with Crippen molar-refractivity contribution < 1.29 is 8.42 Å². The first-order valence-corrected chi connectivity index (χ1v) is 6.26. The Hall–Kier alpha value is -0.240. The van der Waals surface area contributed by atoms with Gasteiger partial charge in [0.15, 0.2) is 0 Å². The van der Waals surface area contributed by atoms with Crippen LogP contribution < -0.4 is 4.72 Å². The van der Waals surface area contributed by atoms with Crippen LogP contribution in [0, 0.1) is 12.3 Å². The van der Waals surface area contributed by atoms with E-state index in [9.17, 15) is 8.42 Å². The highest BCUT2D eigenvalue weighted by Gasteiger charge is 2.13. The predicted molar refractivity (Wildman–Crippen MR) is 55.2 cm³/mol. The minimum atomic E-state index is -3.24. The summed E-state index contributed by atoms with van der Waals surface area (Å²) < 4.78 is 24.9. The quantitative estimate of drug-likeness (QED) is 0.538. The monoisotopic (exact) mass is 223 g/mol. The Morgan fingerprint density at radius 2 is 2.23 bits per heavy atom. The average Bonchev–Trinajstić information content (AvgIpc) is 2.11. The molecule has 0 fully saturated rings. The summed E-state index contributed by atoms with van der Waals surface area (Å²) in [6.07, 6.45) is 6.15. The van der Waals surface area contributed by atoms with Crippen molar-refractivity contribution in [2.45, 2.75) is 25.8 Å². The van der Waals surface area contributed by atoms with E-state index in [1.807, 2.05) is 6.92 Å². The lowest BCUT2D eigenvalue weighted by atomic mass is 10.3. The van der Waals surface area contributed by atoms with E-state index in [0.717, 1.165) is 0 Å². The van der Waals surface area contributed by atoms with Gasteiger partial charge in [0.25, 0.3) is 0 Å². The molecule has 0 saturated heterocycles. The Labute approximate surface area is 84.9 Å². The van der Waals surface area contributed by atoms with E-state index in [4.69, 9.17) is 18.0 Å². The summed E-state index contributed by atoms with van der Waals surface area (Å²) >= 11 is 5.38. The molecule has 0 aliphatic rings. The molecule has 76 valence electrons. The highest BCUT2D eigenvalue weighted by molar-refractivity contribution is 7.89. The molecule has 0 bridgehead atoms. The zero-order valence-corrected chi connectivity index (χ0v) is 9.16. The molecule has 0 spiro atoms. The normalized spacial score (nSPS) is 13.6. The molecule has 5 heteroatoms. The fourth-order valence-corrected chi connectivity index (χ4v) is 2.36. The van der Waals surface area contributed by atoms with Crippen molar-refractivity contribution in [3.63, 3.8) is 0 Å². The number of hydrogen-bond donors (Lipinski definition) is 1. The lowest BCUT2D eigenvalue weighted by molar-refractivity contribution is 0.569. The highest BCUT2D eigenvalue weighted by Crippen LogP contribution is 1.96. The zero-order chi connectivity index (χ0) is 10.3. The Kier molecular flexibility index (Phi) is 6.13. The van der Waals surface area contributed by atoms with Crippen molar-refractivity contribution in [3.05, 3.63) is 0 Å². The van der Waals surface area contributed by atoms with Gasteiger partial charge in [-0.1, -0.05) is 12.8 Å². The van der Waals surface area contributed by atoms with Crippen LogP contribution in [-0.4, -0.2) is 26.1 Å². The van der Waals surface area contributed by atoms with Gasteiger partial charge >= 0.3 is 0 Å². The van der Waals surface area contributed by atoms with Crippen LogP contribution in [0.15, 0.2) is 0 Å². The second-order valence-electron chi connectivity index (χ2n) is 2.61.